The molecule has 0 amide bonds. The number of guanidine groups is 1. The van der Waals surface area contributed by atoms with E-state index in [2.05, 4.69) is 10.3 Å². The number of hydrogen-bond acceptors (Lipinski definition) is 3. The quantitative estimate of drug-likeness (QED) is 0.450. The predicted molar refractivity (Wildman–Crippen MR) is 95.6 cm³/mol. The van der Waals surface area contributed by atoms with Crippen LogP contribution in [0.15, 0.2) is 23.2 Å². The maximum absolute atomic E-state index is 6.07. The number of nitrogens with one attached hydrogen (secondary N) is 1. The van der Waals surface area contributed by atoms with Gasteiger partial charge in [0.05, 0.1) is 18.2 Å². The van der Waals surface area contributed by atoms with Crippen LogP contribution in [0.4, 0.5) is 5.69 Å². The minimum atomic E-state index is 0.379. The molecule has 0 aliphatic heterocycles. The molecular formula is C17H26ClN3O2. The van der Waals surface area contributed by atoms with Crippen molar-refractivity contribution in [1.29, 1.82) is 0 Å². The SMILES string of the molecule is COc1ccc(NC(N)=NCCCOC2CCCCC2)cc1Cl. The van der Waals surface area contributed by atoms with Gasteiger partial charge < -0.3 is 20.5 Å². The summed E-state index contributed by atoms with van der Waals surface area (Å²) in [5, 5.41) is 3.55. The van der Waals surface area contributed by atoms with Crippen LogP contribution in [-0.4, -0.2) is 32.3 Å². The van der Waals surface area contributed by atoms with Crippen molar-refractivity contribution in [3.8, 4) is 5.75 Å². The summed E-state index contributed by atoms with van der Waals surface area (Å²) in [7, 11) is 1.58. The van der Waals surface area contributed by atoms with Crippen LogP contribution < -0.4 is 15.8 Å². The highest BCUT2D eigenvalue weighted by Crippen LogP contribution is 2.27. The fourth-order valence-electron chi connectivity index (χ4n) is 2.68. The van der Waals surface area contributed by atoms with Gasteiger partial charge in [-0.3, -0.25) is 4.99 Å². The molecule has 0 aromatic heterocycles. The zero-order chi connectivity index (χ0) is 16.5. The largest absolute Gasteiger partial charge is 0.495 e. The van der Waals surface area contributed by atoms with Crippen LogP contribution in [0.3, 0.4) is 0 Å². The van der Waals surface area contributed by atoms with E-state index in [1.54, 1.807) is 19.2 Å². The Balaban J connectivity index is 1.67. The number of halogens is 1. The molecule has 1 aliphatic rings. The predicted octanol–water partition coefficient (Wildman–Crippen LogP) is 3.81. The minimum Gasteiger partial charge on any atom is -0.495 e. The molecule has 5 nitrogen and oxygen atoms in total. The van der Waals surface area contributed by atoms with Gasteiger partial charge in [0.1, 0.15) is 5.75 Å². The maximum Gasteiger partial charge on any atom is 0.193 e. The third-order valence-corrected chi connectivity index (χ3v) is 4.21. The molecule has 0 heterocycles. The normalized spacial score (nSPS) is 16.3. The lowest BCUT2D eigenvalue weighted by atomic mass is 9.98. The van der Waals surface area contributed by atoms with E-state index in [-0.39, 0.29) is 0 Å². The summed E-state index contributed by atoms with van der Waals surface area (Å²) in [4.78, 5) is 4.30. The molecule has 1 aromatic carbocycles. The monoisotopic (exact) mass is 339 g/mol. The maximum atomic E-state index is 6.07. The minimum absolute atomic E-state index is 0.379. The zero-order valence-corrected chi connectivity index (χ0v) is 14.4. The van der Waals surface area contributed by atoms with E-state index in [0.29, 0.717) is 29.4 Å². The lowest BCUT2D eigenvalue weighted by Crippen LogP contribution is -2.23. The number of rotatable bonds is 7. The number of ether oxygens (including phenoxy) is 2. The summed E-state index contributed by atoms with van der Waals surface area (Å²) in [5.41, 5.74) is 6.66. The Labute approximate surface area is 143 Å². The number of aliphatic imine (C=N–C) groups is 1. The smallest absolute Gasteiger partial charge is 0.193 e. The first kappa shape index (κ1) is 17.9. The van der Waals surface area contributed by atoms with Gasteiger partial charge in [-0.15, -0.1) is 0 Å². The standard InChI is InChI=1S/C17H26ClN3O2/c1-22-16-9-8-13(12-15(16)18)21-17(19)20-10-5-11-23-14-6-3-2-4-7-14/h8-9,12,14H,2-7,10-11H2,1H3,(H3,19,20,21). The highest BCUT2D eigenvalue weighted by atomic mass is 35.5. The highest BCUT2D eigenvalue weighted by molar-refractivity contribution is 6.32. The van der Waals surface area contributed by atoms with E-state index in [9.17, 15) is 0 Å². The van der Waals surface area contributed by atoms with Crippen molar-refractivity contribution >= 4 is 23.2 Å². The van der Waals surface area contributed by atoms with E-state index in [1.165, 1.54) is 32.1 Å². The van der Waals surface area contributed by atoms with Crippen molar-refractivity contribution in [3.63, 3.8) is 0 Å². The summed E-state index contributed by atoms with van der Waals surface area (Å²) < 4.78 is 11.0. The molecule has 1 fully saturated rings. The van der Waals surface area contributed by atoms with Crippen LogP contribution in [0.1, 0.15) is 38.5 Å². The molecule has 0 radical (unpaired) electrons. The van der Waals surface area contributed by atoms with Crippen molar-refractivity contribution in [2.24, 2.45) is 10.7 Å². The van der Waals surface area contributed by atoms with Crippen LogP contribution in [0, 0.1) is 0 Å². The number of hydrogen-bond donors (Lipinski definition) is 2. The fourth-order valence-corrected chi connectivity index (χ4v) is 2.94. The van der Waals surface area contributed by atoms with Gasteiger partial charge in [0, 0.05) is 18.8 Å². The van der Waals surface area contributed by atoms with Crippen LogP contribution in [0.5, 0.6) is 5.75 Å². The Morgan fingerprint density at radius 1 is 1.35 bits per heavy atom. The molecule has 1 aliphatic carbocycles. The van der Waals surface area contributed by atoms with E-state index in [1.807, 2.05) is 6.07 Å². The molecule has 6 heteroatoms. The third kappa shape index (κ3) is 6.28. The molecule has 0 spiro atoms. The molecule has 2 rings (SSSR count). The van der Waals surface area contributed by atoms with Gasteiger partial charge >= 0.3 is 0 Å². The summed E-state index contributed by atoms with van der Waals surface area (Å²) in [5.74, 6) is 1.01. The molecule has 0 unspecified atom stereocenters. The first-order valence-corrected chi connectivity index (χ1v) is 8.59. The molecular weight excluding hydrogens is 314 g/mol. The second-order valence-electron chi connectivity index (χ2n) is 5.73. The second-order valence-corrected chi connectivity index (χ2v) is 6.13. The Morgan fingerprint density at radius 3 is 2.83 bits per heavy atom. The fraction of sp³-hybridized carbons (Fsp3) is 0.588. The number of nitrogens with two attached hydrogens (primary N) is 1. The molecule has 0 atom stereocenters. The molecule has 0 saturated heterocycles. The van der Waals surface area contributed by atoms with Crippen LogP contribution in [0.2, 0.25) is 5.02 Å². The molecule has 3 N–H and O–H groups in total. The van der Waals surface area contributed by atoms with E-state index >= 15 is 0 Å². The number of anilines is 1. The van der Waals surface area contributed by atoms with Gasteiger partial charge in [0.25, 0.3) is 0 Å². The van der Waals surface area contributed by atoms with Gasteiger partial charge in [-0.05, 0) is 37.5 Å². The van der Waals surface area contributed by atoms with Gasteiger partial charge in [-0.2, -0.15) is 0 Å². The van der Waals surface area contributed by atoms with Crippen LogP contribution >= 0.6 is 11.6 Å². The summed E-state index contributed by atoms with van der Waals surface area (Å²) in [6, 6.07) is 5.39. The average molecular weight is 340 g/mol. The molecule has 1 saturated carbocycles. The van der Waals surface area contributed by atoms with Crippen molar-refractivity contribution in [1.82, 2.24) is 0 Å². The van der Waals surface area contributed by atoms with Gasteiger partial charge in [-0.1, -0.05) is 30.9 Å². The van der Waals surface area contributed by atoms with Crippen molar-refractivity contribution in [3.05, 3.63) is 23.2 Å². The molecule has 1 aromatic rings. The van der Waals surface area contributed by atoms with Crippen molar-refractivity contribution < 1.29 is 9.47 Å². The van der Waals surface area contributed by atoms with E-state index in [0.717, 1.165) is 18.7 Å². The first-order valence-electron chi connectivity index (χ1n) is 8.21. The van der Waals surface area contributed by atoms with E-state index < -0.39 is 0 Å². The Bertz CT molecular complexity index is 517. The molecule has 23 heavy (non-hydrogen) atoms. The number of methoxy groups -OCH3 is 1. The Morgan fingerprint density at radius 2 is 2.13 bits per heavy atom. The first-order chi connectivity index (χ1) is 11.2. The van der Waals surface area contributed by atoms with E-state index in [4.69, 9.17) is 26.8 Å². The van der Waals surface area contributed by atoms with Crippen LogP contribution in [0.25, 0.3) is 0 Å². The zero-order valence-electron chi connectivity index (χ0n) is 13.7. The summed E-state index contributed by atoms with van der Waals surface area (Å²) in [6.45, 7) is 1.39. The second kappa shape index (κ2) is 9.63. The lowest BCUT2D eigenvalue weighted by molar-refractivity contribution is 0.0281. The van der Waals surface area contributed by atoms with Crippen LogP contribution in [-0.2, 0) is 4.74 Å². The summed E-state index contributed by atoms with van der Waals surface area (Å²) in [6.07, 6.45) is 7.67. The third-order valence-electron chi connectivity index (χ3n) is 3.91. The summed E-state index contributed by atoms with van der Waals surface area (Å²) >= 11 is 6.07. The topological polar surface area (TPSA) is 68.9 Å². The van der Waals surface area contributed by atoms with Gasteiger partial charge in [0.15, 0.2) is 5.96 Å². The number of benzene rings is 1. The molecule has 128 valence electrons. The van der Waals surface area contributed by atoms with Gasteiger partial charge in [-0.25, -0.2) is 0 Å². The molecule has 0 bridgehead atoms. The van der Waals surface area contributed by atoms with Crippen molar-refractivity contribution in [2.45, 2.75) is 44.6 Å². The van der Waals surface area contributed by atoms with Gasteiger partial charge in [0.2, 0.25) is 0 Å². The Hall–Kier alpha value is -1.46. The lowest BCUT2D eigenvalue weighted by Gasteiger charge is -2.21. The average Bonchev–Trinajstić information content (AvgIpc) is 2.56. The Kier molecular flexibility index (Phi) is 7.49. The van der Waals surface area contributed by atoms with Crippen molar-refractivity contribution in [2.75, 3.05) is 25.6 Å². The highest BCUT2D eigenvalue weighted by Gasteiger charge is 2.12. The number of nitrogens with zero attached hydrogens (tertiary/aromatic N) is 1.